The predicted octanol–water partition coefficient (Wildman–Crippen LogP) is 0.924. The molecule has 4 heteroatoms. The van der Waals surface area contributed by atoms with Gasteiger partial charge in [0.05, 0.1) is 13.0 Å². The quantitative estimate of drug-likeness (QED) is 0.764. The summed E-state index contributed by atoms with van der Waals surface area (Å²) in [5.74, 6) is -0.150. The van der Waals surface area contributed by atoms with Crippen molar-refractivity contribution in [3.05, 3.63) is 28.8 Å². The van der Waals surface area contributed by atoms with Crippen LogP contribution in [-0.4, -0.2) is 23.7 Å². The number of fused-ring (bicyclic) bond motifs is 1. The lowest BCUT2D eigenvalue weighted by Crippen LogP contribution is -2.19. The molecule has 3 N–H and O–H groups in total. The summed E-state index contributed by atoms with van der Waals surface area (Å²) in [5.41, 5.74) is 8.72. The van der Waals surface area contributed by atoms with Gasteiger partial charge in [0.15, 0.2) is 0 Å². The van der Waals surface area contributed by atoms with Gasteiger partial charge in [0.25, 0.3) is 0 Å². The van der Waals surface area contributed by atoms with E-state index in [9.17, 15) is 9.90 Å². The molecule has 0 spiro atoms. The number of carbonyl (C=O) groups is 1. The zero-order valence-electron chi connectivity index (χ0n) is 9.90. The monoisotopic (exact) mass is 235 g/mol. The first-order chi connectivity index (χ1) is 8.11. The Labute approximate surface area is 100 Å². The van der Waals surface area contributed by atoms with Gasteiger partial charge in [-0.3, -0.25) is 4.79 Å². The van der Waals surface area contributed by atoms with Crippen LogP contribution in [0.2, 0.25) is 0 Å². The Morgan fingerprint density at radius 1 is 1.53 bits per heavy atom. The molecule has 0 amide bonds. The fourth-order valence-corrected chi connectivity index (χ4v) is 2.35. The van der Waals surface area contributed by atoms with E-state index in [0.29, 0.717) is 12.2 Å². The first-order valence-corrected chi connectivity index (χ1v) is 5.85. The van der Waals surface area contributed by atoms with Crippen LogP contribution in [0.15, 0.2) is 12.1 Å². The fourth-order valence-electron chi connectivity index (χ4n) is 2.35. The lowest BCUT2D eigenvalue weighted by molar-refractivity contribution is -0.142. The van der Waals surface area contributed by atoms with E-state index < -0.39 is 0 Å². The summed E-state index contributed by atoms with van der Waals surface area (Å²) < 4.78 is 4.91. The Bertz CT molecular complexity index is 443. The van der Waals surface area contributed by atoms with Crippen LogP contribution < -0.4 is 5.73 Å². The summed E-state index contributed by atoms with van der Waals surface area (Å²) in [7, 11) is 0. The largest absolute Gasteiger partial charge is 0.508 e. The molecule has 0 bridgehead atoms. The Balaban J connectivity index is 2.28. The molecule has 0 saturated carbocycles. The lowest BCUT2D eigenvalue weighted by Gasteiger charge is -2.10. The molecule has 0 fully saturated rings. The van der Waals surface area contributed by atoms with Crippen LogP contribution in [0.4, 0.5) is 0 Å². The number of esters is 1. The average Bonchev–Trinajstić information content (AvgIpc) is 2.64. The van der Waals surface area contributed by atoms with Crippen molar-refractivity contribution < 1.29 is 14.6 Å². The number of ether oxygens (including phenoxy) is 1. The molecule has 17 heavy (non-hydrogen) atoms. The number of carbonyl (C=O) groups excluding carboxylic acids is 1. The van der Waals surface area contributed by atoms with Crippen LogP contribution in [-0.2, 0) is 28.8 Å². The minimum absolute atomic E-state index is 0.0905. The second kappa shape index (κ2) is 4.75. The molecule has 2 rings (SSSR count). The highest BCUT2D eigenvalue weighted by Crippen LogP contribution is 2.31. The van der Waals surface area contributed by atoms with E-state index >= 15 is 0 Å². The summed E-state index contributed by atoms with van der Waals surface area (Å²) in [6.07, 6.45) is 1.65. The van der Waals surface area contributed by atoms with E-state index in [1.165, 1.54) is 0 Å². The minimum Gasteiger partial charge on any atom is -0.508 e. The second-order valence-corrected chi connectivity index (χ2v) is 4.35. The summed E-state index contributed by atoms with van der Waals surface area (Å²) in [4.78, 5) is 11.5. The van der Waals surface area contributed by atoms with Gasteiger partial charge in [0.1, 0.15) is 5.75 Å². The molecule has 1 aromatic rings. The molecule has 4 nitrogen and oxygen atoms in total. The summed E-state index contributed by atoms with van der Waals surface area (Å²) in [6.45, 7) is 2.12. The van der Waals surface area contributed by atoms with Gasteiger partial charge in [-0.1, -0.05) is 6.07 Å². The van der Waals surface area contributed by atoms with Crippen molar-refractivity contribution in [3.8, 4) is 5.75 Å². The van der Waals surface area contributed by atoms with Crippen molar-refractivity contribution in [2.75, 3.05) is 6.61 Å². The Morgan fingerprint density at radius 3 is 3.00 bits per heavy atom. The van der Waals surface area contributed by atoms with Crippen LogP contribution in [0.1, 0.15) is 23.6 Å². The maximum Gasteiger partial charge on any atom is 0.310 e. The topological polar surface area (TPSA) is 72.5 Å². The molecule has 1 unspecified atom stereocenters. The average molecular weight is 235 g/mol. The third kappa shape index (κ3) is 2.42. The third-order valence-electron chi connectivity index (χ3n) is 3.08. The number of rotatable bonds is 3. The fraction of sp³-hybridized carbons (Fsp3) is 0.462. The van der Waals surface area contributed by atoms with Gasteiger partial charge in [-0.2, -0.15) is 0 Å². The van der Waals surface area contributed by atoms with E-state index in [4.69, 9.17) is 10.5 Å². The van der Waals surface area contributed by atoms with E-state index in [0.717, 1.165) is 24.0 Å². The van der Waals surface area contributed by atoms with Crippen LogP contribution >= 0.6 is 0 Å². The molecule has 0 radical (unpaired) electrons. The number of benzene rings is 1. The predicted molar refractivity (Wildman–Crippen MR) is 63.8 cm³/mol. The summed E-state index contributed by atoms with van der Waals surface area (Å²) in [6, 6.07) is 3.60. The molecule has 0 aliphatic heterocycles. The van der Waals surface area contributed by atoms with Crippen molar-refractivity contribution in [2.24, 2.45) is 5.73 Å². The maximum absolute atomic E-state index is 11.5. The van der Waals surface area contributed by atoms with Crippen LogP contribution in [0.25, 0.3) is 0 Å². The van der Waals surface area contributed by atoms with Gasteiger partial charge in [-0.25, -0.2) is 0 Å². The number of phenolic OH excluding ortho intramolecular Hbond substituents is 1. The third-order valence-corrected chi connectivity index (χ3v) is 3.08. The van der Waals surface area contributed by atoms with E-state index in [1.807, 2.05) is 6.07 Å². The lowest BCUT2D eigenvalue weighted by atomic mass is 10.00. The first kappa shape index (κ1) is 11.9. The van der Waals surface area contributed by atoms with Crippen molar-refractivity contribution >= 4 is 5.97 Å². The summed E-state index contributed by atoms with van der Waals surface area (Å²) in [5, 5.41) is 9.83. The van der Waals surface area contributed by atoms with Crippen LogP contribution in [0.5, 0.6) is 5.75 Å². The van der Waals surface area contributed by atoms with Gasteiger partial charge in [-0.05, 0) is 37.0 Å². The highest BCUT2D eigenvalue weighted by Gasteiger charge is 2.24. The number of hydrogen-bond donors (Lipinski definition) is 2. The standard InChI is InChI=1S/C13H17NO3/c1-2-17-13(16)7-11-10-6-9(14)5-8(10)3-4-12(11)15/h3-4,9,15H,2,5-7,14H2,1H3. The number of hydrogen-bond acceptors (Lipinski definition) is 4. The molecule has 1 aliphatic rings. The van der Waals surface area contributed by atoms with Crippen molar-refractivity contribution in [1.82, 2.24) is 0 Å². The minimum atomic E-state index is -0.309. The second-order valence-electron chi connectivity index (χ2n) is 4.35. The molecular weight excluding hydrogens is 218 g/mol. The molecule has 1 aliphatic carbocycles. The smallest absolute Gasteiger partial charge is 0.310 e. The SMILES string of the molecule is CCOC(=O)Cc1c(O)ccc2c1CC(N)C2. The zero-order valence-corrected chi connectivity index (χ0v) is 9.90. The molecule has 1 aromatic carbocycles. The molecule has 1 atom stereocenters. The number of aromatic hydroxyl groups is 1. The number of phenols is 1. The van der Waals surface area contributed by atoms with Gasteiger partial charge < -0.3 is 15.6 Å². The molecule has 92 valence electrons. The Kier molecular flexibility index (Phi) is 3.33. The van der Waals surface area contributed by atoms with E-state index in [2.05, 4.69) is 0 Å². The van der Waals surface area contributed by atoms with E-state index in [-0.39, 0.29) is 24.2 Å². The maximum atomic E-state index is 11.5. The Morgan fingerprint density at radius 2 is 2.29 bits per heavy atom. The highest BCUT2D eigenvalue weighted by molar-refractivity contribution is 5.74. The van der Waals surface area contributed by atoms with E-state index in [1.54, 1.807) is 13.0 Å². The normalized spacial score (nSPS) is 17.9. The highest BCUT2D eigenvalue weighted by atomic mass is 16.5. The first-order valence-electron chi connectivity index (χ1n) is 5.85. The van der Waals surface area contributed by atoms with Gasteiger partial charge in [0.2, 0.25) is 0 Å². The van der Waals surface area contributed by atoms with Crippen molar-refractivity contribution in [1.29, 1.82) is 0 Å². The van der Waals surface area contributed by atoms with Crippen molar-refractivity contribution in [2.45, 2.75) is 32.2 Å². The molecular formula is C13H17NO3. The summed E-state index contributed by atoms with van der Waals surface area (Å²) >= 11 is 0. The van der Waals surface area contributed by atoms with Crippen molar-refractivity contribution in [3.63, 3.8) is 0 Å². The van der Waals surface area contributed by atoms with Gasteiger partial charge >= 0.3 is 5.97 Å². The molecule has 0 saturated heterocycles. The van der Waals surface area contributed by atoms with Gasteiger partial charge in [0, 0.05) is 11.6 Å². The molecule has 0 heterocycles. The Hall–Kier alpha value is -1.55. The number of nitrogens with two attached hydrogens (primary N) is 1. The molecule has 0 aromatic heterocycles. The van der Waals surface area contributed by atoms with Crippen LogP contribution in [0.3, 0.4) is 0 Å². The van der Waals surface area contributed by atoms with Crippen LogP contribution in [0, 0.1) is 0 Å². The van der Waals surface area contributed by atoms with Gasteiger partial charge in [-0.15, -0.1) is 0 Å². The zero-order chi connectivity index (χ0) is 12.4.